The summed E-state index contributed by atoms with van der Waals surface area (Å²) in [4.78, 5) is 16.4. The molecular formula is C24H22N4O. The van der Waals surface area contributed by atoms with Crippen LogP contribution in [-0.4, -0.2) is 20.7 Å². The maximum absolute atomic E-state index is 12.4. The lowest BCUT2D eigenvalue weighted by atomic mass is 10.1. The standard InChI is InChI=1S/C24H22N4O/c29-23(14-13-19-8-7-15-25-16-19)26-17-21-18-28(22-11-5-2-6-12-22)27-24(21)20-9-3-1-4-10-20/h1-12,15-16,18H,13-14,17H2,(H,26,29). The van der Waals surface area contributed by atoms with E-state index in [1.165, 1.54) is 0 Å². The molecule has 4 rings (SSSR count). The van der Waals surface area contributed by atoms with Crippen LogP contribution in [0.5, 0.6) is 0 Å². The number of hydrogen-bond donors (Lipinski definition) is 1. The number of carbonyl (C=O) groups excluding carboxylic acids is 1. The first-order valence-corrected chi connectivity index (χ1v) is 9.64. The quantitative estimate of drug-likeness (QED) is 0.522. The number of nitrogens with zero attached hydrogens (tertiary/aromatic N) is 3. The van der Waals surface area contributed by atoms with Gasteiger partial charge in [-0.2, -0.15) is 5.10 Å². The summed E-state index contributed by atoms with van der Waals surface area (Å²) in [6.45, 7) is 0.433. The summed E-state index contributed by atoms with van der Waals surface area (Å²) < 4.78 is 1.86. The van der Waals surface area contributed by atoms with E-state index >= 15 is 0 Å². The van der Waals surface area contributed by atoms with E-state index in [9.17, 15) is 4.79 Å². The highest BCUT2D eigenvalue weighted by Crippen LogP contribution is 2.23. The van der Waals surface area contributed by atoms with Gasteiger partial charge in [0.25, 0.3) is 0 Å². The van der Waals surface area contributed by atoms with Crippen LogP contribution in [0.3, 0.4) is 0 Å². The van der Waals surface area contributed by atoms with E-state index in [2.05, 4.69) is 10.3 Å². The van der Waals surface area contributed by atoms with Gasteiger partial charge in [-0.1, -0.05) is 54.6 Å². The Morgan fingerprint density at radius 1 is 0.931 bits per heavy atom. The number of rotatable bonds is 7. The fraction of sp³-hybridized carbons (Fsp3) is 0.125. The maximum Gasteiger partial charge on any atom is 0.220 e. The first-order valence-electron chi connectivity index (χ1n) is 9.64. The van der Waals surface area contributed by atoms with Crippen LogP contribution < -0.4 is 5.32 Å². The molecule has 2 aromatic carbocycles. The number of para-hydroxylation sites is 1. The van der Waals surface area contributed by atoms with Gasteiger partial charge < -0.3 is 5.32 Å². The number of carbonyl (C=O) groups is 1. The van der Waals surface area contributed by atoms with E-state index in [1.807, 2.05) is 83.7 Å². The van der Waals surface area contributed by atoms with Crippen molar-refractivity contribution in [3.05, 3.63) is 103 Å². The largest absolute Gasteiger partial charge is 0.352 e. The molecule has 5 heteroatoms. The van der Waals surface area contributed by atoms with Gasteiger partial charge in [0.15, 0.2) is 0 Å². The van der Waals surface area contributed by atoms with Crippen molar-refractivity contribution in [2.75, 3.05) is 0 Å². The normalized spacial score (nSPS) is 10.6. The second-order valence-corrected chi connectivity index (χ2v) is 6.79. The zero-order chi connectivity index (χ0) is 19.9. The molecule has 0 bridgehead atoms. The number of nitrogens with one attached hydrogen (secondary N) is 1. The molecule has 29 heavy (non-hydrogen) atoms. The number of aryl methyl sites for hydroxylation is 1. The van der Waals surface area contributed by atoms with Crippen molar-refractivity contribution in [3.8, 4) is 16.9 Å². The Balaban J connectivity index is 1.49. The van der Waals surface area contributed by atoms with Crippen LogP contribution in [0.4, 0.5) is 0 Å². The highest BCUT2D eigenvalue weighted by Gasteiger charge is 2.13. The van der Waals surface area contributed by atoms with Gasteiger partial charge in [-0.05, 0) is 30.2 Å². The number of benzene rings is 2. The molecule has 4 aromatic rings. The molecule has 0 aliphatic rings. The van der Waals surface area contributed by atoms with E-state index in [0.29, 0.717) is 19.4 Å². The lowest BCUT2D eigenvalue weighted by Crippen LogP contribution is -2.23. The summed E-state index contributed by atoms with van der Waals surface area (Å²) in [6.07, 6.45) is 6.62. The molecule has 5 nitrogen and oxygen atoms in total. The van der Waals surface area contributed by atoms with E-state index in [-0.39, 0.29) is 5.91 Å². The van der Waals surface area contributed by atoms with Gasteiger partial charge in [0.2, 0.25) is 5.91 Å². The van der Waals surface area contributed by atoms with Gasteiger partial charge in [-0.3, -0.25) is 9.78 Å². The molecule has 0 saturated heterocycles. The minimum atomic E-state index is 0.0142. The molecule has 0 radical (unpaired) electrons. The number of amides is 1. The monoisotopic (exact) mass is 382 g/mol. The Morgan fingerprint density at radius 3 is 2.41 bits per heavy atom. The molecule has 0 aliphatic carbocycles. The zero-order valence-corrected chi connectivity index (χ0v) is 16.0. The van der Waals surface area contributed by atoms with Gasteiger partial charge in [0, 0.05) is 42.7 Å². The third kappa shape index (κ3) is 4.76. The molecule has 0 saturated carbocycles. The Bertz CT molecular complexity index is 1060. The van der Waals surface area contributed by atoms with E-state index in [1.54, 1.807) is 12.4 Å². The summed E-state index contributed by atoms with van der Waals surface area (Å²) in [5.41, 5.74) is 4.93. The fourth-order valence-electron chi connectivity index (χ4n) is 3.18. The Labute approximate surface area is 170 Å². The minimum Gasteiger partial charge on any atom is -0.352 e. The summed E-state index contributed by atoms with van der Waals surface area (Å²) >= 11 is 0. The predicted octanol–water partition coefficient (Wildman–Crippen LogP) is 4.18. The third-order valence-corrected chi connectivity index (χ3v) is 4.70. The molecule has 1 N–H and O–H groups in total. The molecule has 0 atom stereocenters. The van der Waals surface area contributed by atoms with Crippen molar-refractivity contribution >= 4 is 5.91 Å². The van der Waals surface area contributed by atoms with Crippen LogP contribution in [0.2, 0.25) is 0 Å². The fourth-order valence-corrected chi connectivity index (χ4v) is 3.18. The van der Waals surface area contributed by atoms with Crippen LogP contribution >= 0.6 is 0 Å². The topological polar surface area (TPSA) is 59.8 Å². The summed E-state index contributed by atoms with van der Waals surface area (Å²) in [6, 6.07) is 23.9. The highest BCUT2D eigenvalue weighted by molar-refractivity contribution is 5.76. The molecular weight excluding hydrogens is 360 g/mol. The van der Waals surface area contributed by atoms with Crippen molar-refractivity contribution in [1.29, 1.82) is 0 Å². The molecule has 0 spiro atoms. The van der Waals surface area contributed by atoms with Crippen molar-refractivity contribution in [1.82, 2.24) is 20.1 Å². The third-order valence-electron chi connectivity index (χ3n) is 4.70. The predicted molar refractivity (Wildman–Crippen MR) is 113 cm³/mol. The average molecular weight is 382 g/mol. The number of hydrogen-bond acceptors (Lipinski definition) is 3. The first-order chi connectivity index (χ1) is 14.3. The molecule has 144 valence electrons. The molecule has 2 aromatic heterocycles. The minimum absolute atomic E-state index is 0.0142. The van der Waals surface area contributed by atoms with Crippen LogP contribution in [0.15, 0.2) is 91.4 Å². The Morgan fingerprint density at radius 2 is 1.69 bits per heavy atom. The second kappa shape index (κ2) is 8.97. The summed E-state index contributed by atoms with van der Waals surface area (Å²) in [5, 5.41) is 7.81. The van der Waals surface area contributed by atoms with Crippen molar-refractivity contribution in [2.24, 2.45) is 0 Å². The van der Waals surface area contributed by atoms with E-state index in [0.717, 1.165) is 28.1 Å². The van der Waals surface area contributed by atoms with Crippen LogP contribution in [0.1, 0.15) is 17.5 Å². The van der Waals surface area contributed by atoms with Gasteiger partial charge >= 0.3 is 0 Å². The summed E-state index contributed by atoms with van der Waals surface area (Å²) in [7, 11) is 0. The molecule has 0 aliphatic heterocycles. The maximum atomic E-state index is 12.4. The molecule has 0 unspecified atom stereocenters. The van der Waals surface area contributed by atoms with E-state index in [4.69, 9.17) is 5.10 Å². The number of pyridine rings is 1. The van der Waals surface area contributed by atoms with E-state index < -0.39 is 0 Å². The zero-order valence-electron chi connectivity index (χ0n) is 16.0. The first kappa shape index (κ1) is 18.6. The second-order valence-electron chi connectivity index (χ2n) is 6.79. The van der Waals surface area contributed by atoms with Gasteiger partial charge in [-0.25, -0.2) is 4.68 Å². The lowest BCUT2D eigenvalue weighted by molar-refractivity contribution is -0.121. The lowest BCUT2D eigenvalue weighted by Gasteiger charge is -2.06. The average Bonchev–Trinajstić information content (AvgIpc) is 3.22. The van der Waals surface area contributed by atoms with Crippen molar-refractivity contribution in [3.63, 3.8) is 0 Å². The molecule has 2 heterocycles. The van der Waals surface area contributed by atoms with Gasteiger partial charge in [0.1, 0.15) is 0 Å². The van der Waals surface area contributed by atoms with Gasteiger partial charge in [-0.15, -0.1) is 0 Å². The van der Waals surface area contributed by atoms with Gasteiger partial charge in [0.05, 0.1) is 11.4 Å². The SMILES string of the molecule is O=C(CCc1cccnc1)NCc1cn(-c2ccccc2)nc1-c1ccccc1. The smallest absolute Gasteiger partial charge is 0.220 e. The van der Waals surface area contributed by atoms with Crippen molar-refractivity contribution < 1.29 is 4.79 Å². The van der Waals surface area contributed by atoms with Crippen molar-refractivity contribution in [2.45, 2.75) is 19.4 Å². The van der Waals surface area contributed by atoms with Crippen LogP contribution in [0.25, 0.3) is 16.9 Å². The summed E-state index contributed by atoms with van der Waals surface area (Å²) in [5.74, 6) is 0.0142. The Hall–Kier alpha value is -3.73. The number of aromatic nitrogens is 3. The highest BCUT2D eigenvalue weighted by atomic mass is 16.1. The van der Waals surface area contributed by atoms with Crippen LogP contribution in [0, 0.1) is 0 Å². The van der Waals surface area contributed by atoms with Crippen LogP contribution in [-0.2, 0) is 17.8 Å². The molecule has 0 fully saturated rings. The Kier molecular flexibility index (Phi) is 5.76. The molecule has 1 amide bonds.